The Morgan fingerprint density at radius 2 is 2.20 bits per heavy atom. The van der Waals surface area contributed by atoms with E-state index in [1.807, 2.05) is 0 Å². The van der Waals surface area contributed by atoms with Gasteiger partial charge in [-0.2, -0.15) is 0 Å². The molecule has 0 aliphatic rings. The molecule has 0 aliphatic carbocycles. The van der Waals surface area contributed by atoms with Crippen LogP contribution in [-0.4, -0.2) is 29.1 Å². The minimum Gasteiger partial charge on any atom is -0.480 e. The average molecular weight is 214 g/mol. The molecule has 0 heterocycles. The maximum absolute atomic E-state index is 11.3. The first-order valence-electron chi connectivity index (χ1n) is 4.86. The number of nitrogens with two attached hydrogens (primary N) is 1. The minimum absolute atomic E-state index is 0.0570. The molecule has 0 fully saturated rings. The van der Waals surface area contributed by atoms with E-state index in [9.17, 15) is 9.59 Å². The van der Waals surface area contributed by atoms with Crippen molar-refractivity contribution in [3.05, 3.63) is 12.7 Å². The van der Waals surface area contributed by atoms with Gasteiger partial charge in [-0.1, -0.05) is 6.08 Å². The van der Waals surface area contributed by atoms with Crippen molar-refractivity contribution in [1.82, 2.24) is 5.32 Å². The highest BCUT2D eigenvalue weighted by Gasteiger charge is 2.17. The molecular weight excluding hydrogens is 196 g/mol. The van der Waals surface area contributed by atoms with E-state index in [1.54, 1.807) is 6.92 Å². The van der Waals surface area contributed by atoms with Crippen molar-refractivity contribution in [2.24, 2.45) is 5.73 Å². The lowest BCUT2D eigenvalue weighted by molar-refractivity contribution is -0.141. The summed E-state index contributed by atoms with van der Waals surface area (Å²) < 4.78 is 0. The van der Waals surface area contributed by atoms with Crippen molar-refractivity contribution >= 4 is 11.9 Å². The Balaban J connectivity index is 3.99. The van der Waals surface area contributed by atoms with Gasteiger partial charge in [-0.25, -0.2) is 4.79 Å². The number of carboxylic acid groups (broad SMARTS) is 1. The van der Waals surface area contributed by atoms with E-state index in [-0.39, 0.29) is 24.8 Å². The predicted octanol–water partition coefficient (Wildman–Crippen LogP) is 0.259. The molecule has 4 N–H and O–H groups in total. The summed E-state index contributed by atoms with van der Waals surface area (Å²) in [7, 11) is 0. The fourth-order valence-corrected chi connectivity index (χ4v) is 1.01. The summed E-state index contributed by atoms with van der Waals surface area (Å²) in [6, 6.07) is -0.943. The van der Waals surface area contributed by atoms with Crippen LogP contribution in [0.25, 0.3) is 0 Å². The quantitative estimate of drug-likeness (QED) is 0.530. The van der Waals surface area contributed by atoms with Gasteiger partial charge in [-0.05, 0) is 19.8 Å². The molecule has 5 heteroatoms. The highest BCUT2D eigenvalue weighted by Crippen LogP contribution is 1.97. The lowest BCUT2D eigenvalue weighted by Crippen LogP contribution is -2.40. The number of nitrogens with one attached hydrogen (secondary N) is 1. The maximum Gasteiger partial charge on any atom is 0.326 e. The Morgan fingerprint density at radius 3 is 2.60 bits per heavy atom. The van der Waals surface area contributed by atoms with Gasteiger partial charge in [0, 0.05) is 12.5 Å². The molecule has 5 nitrogen and oxygen atoms in total. The largest absolute Gasteiger partial charge is 0.480 e. The molecule has 2 unspecified atom stereocenters. The molecular formula is C10H18N2O3. The average Bonchev–Trinajstić information content (AvgIpc) is 2.14. The van der Waals surface area contributed by atoms with Gasteiger partial charge >= 0.3 is 5.97 Å². The van der Waals surface area contributed by atoms with Crippen molar-refractivity contribution in [1.29, 1.82) is 0 Å². The third-order valence-corrected chi connectivity index (χ3v) is 1.86. The van der Waals surface area contributed by atoms with Crippen molar-refractivity contribution in [2.75, 3.05) is 0 Å². The second-order valence-corrected chi connectivity index (χ2v) is 3.50. The van der Waals surface area contributed by atoms with Gasteiger partial charge in [0.2, 0.25) is 5.91 Å². The van der Waals surface area contributed by atoms with Gasteiger partial charge in [0.15, 0.2) is 0 Å². The molecule has 0 spiro atoms. The molecule has 0 aromatic heterocycles. The normalized spacial score (nSPS) is 14.0. The van der Waals surface area contributed by atoms with Gasteiger partial charge < -0.3 is 16.2 Å². The minimum atomic E-state index is -1.05. The van der Waals surface area contributed by atoms with Gasteiger partial charge in [0.1, 0.15) is 6.04 Å². The second kappa shape index (κ2) is 7.00. The van der Waals surface area contributed by atoms with Crippen LogP contribution in [0.15, 0.2) is 12.7 Å². The van der Waals surface area contributed by atoms with Crippen molar-refractivity contribution in [3.8, 4) is 0 Å². The Bertz CT molecular complexity index is 239. The lowest BCUT2D eigenvalue weighted by Gasteiger charge is -2.12. The van der Waals surface area contributed by atoms with Crippen molar-refractivity contribution in [2.45, 2.75) is 38.3 Å². The molecule has 0 aromatic rings. The molecule has 2 atom stereocenters. The van der Waals surface area contributed by atoms with Crippen LogP contribution in [0.4, 0.5) is 0 Å². The predicted molar refractivity (Wildman–Crippen MR) is 57.3 cm³/mol. The zero-order valence-corrected chi connectivity index (χ0v) is 8.90. The van der Waals surface area contributed by atoms with E-state index in [1.165, 1.54) is 6.08 Å². The number of carboxylic acids is 1. The fourth-order valence-electron chi connectivity index (χ4n) is 1.01. The smallest absolute Gasteiger partial charge is 0.326 e. The first-order valence-corrected chi connectivity index (χ1v) is 4.86. The van der Waals surface area contributed by atoms with E-state index in [2.05, 4.69) is 11.9 Å². The summed E-state index contributed by atoms with van der Waals surface area (Å²) in [5, 5.41) is 11.2. The van der Waals surface area contributed by atoms with Crippen molar-refractivity contribution in [3.63, 3.8) is 0 Å². The standard InChI is InChI=1S/C10H18N2O3/c1-3-4-8(10(14)15)12-9(13)6-5-7(2)11/h3,7-8H,1,4-6,11H2,2H3,(H,12,13)(H,14,15). The number of carbonyl (C=O) groups is 2. The zero-order valence-electron chi connectivity index (χ0n) is 8.90. The molecule has 0 bridgehead atoms. The Kier molecular flexibility index (Phi) is 6.37. The Morgan fingerprint density at radius 1 is 1.60 bits per heavy atom. The number of hydrogen-bond donors (Lipinski definition) is 3. The van der Waals surface area contributed by atoms with E-state index in [0.29, 0.717) is 6.42 Å². The van der Waals surface area contributed by atoms with E-state index in [0.717, 1.165) is 0 Å². The third kappa shape index (κ3) is 6.68. The van der Waals surface area contributed by atoms with E-state index < -0.39 is 12.0 Å². The van der Waals surface area contributed by atoms with E-state index in [4.69, 9.17) is 10.8 Å². The van der Waals surface area contributed by atoms with Crippen molar-refractivity contribution < 1.29 is 14.7 Å². The lowest BCUT2D eigenvalue weighted by atomic mass is 10.1. The Labute approximate surface area is 89.3 Å². The molecule has 0 saturated carbocycles. The van der Waals surface area contributed by atoms with Crippen LogP contribution in [0, 0.1) is 0 Å². The first-order chi connectivity index (χ1) is 6.97. The summed E-state index contributed by atoms with van der Waals surface area (Å²) in [4.78, 5) is 21.9. The molecule has 0 radical (unpaired) electrons. The van der Waals surface area contributed by atoms with Crippen LogP contribution < -0.4 is 11.1 Å². The number of carbonyl (C=O) groups excluding carboxylic acids is 1. The molecule has 0 aromatic carbocycles. The molecule has 0 saturated heterocycles. The summed E-state index contributed by atoms with van der Waals surface area (Å²) >= 11 is 0. The second-order valence-electron chi connectivity index (χ2n) is 3.50. The van der Waals surface area contributed by atoms with Gasteiger partial charge in [-0.15, -0.1) is 6.58 Å². The number of aliphatic carboxylic acids is 1. The fraction of sp³-hybridized carbons (Fsp3) is 0.600. The molecule has 86 valence electrons. The van der Waals surface area contributed by atoms with Crippen LogP contribution in [0.5, 0.6) is 0 Å². The third-order valence-electron chi connectivity index (χ3n) is 1.86. The number of rotatable bonds is 7. The number of amides is 1. The zero-order chi connectivity index (χ0) is 11.8. The van der Waals surface area contributed by atoms with Crippen LogP contribution in [0.1, 0.15) is 26.2 Å². The first kappa shape index (κ1) is 13.6. The van der Waals surface area contributed by atoms with E-state index >= 15 is 0 Å². The van der Waals surface area contributed by atoms with Gasteiger partial charge in [0.25, 0.3) is 0 Å². The molecule has 15 heavy (non-hydrogen) atoms. The summed E-state index contributed by atoms with van der Waals surface area (Å²) in [5.41, 5.74) is 5.48. The van der Waals surface area contributed by atoms with Crippen LogP contribution in [-0.2, 0) is 9.59 Å². The SMILES string of the molecule is C=CCC(NC(=O)CCC(C)N)C(=O)O. The maximum atomic E-state index is 11.3. The van der Waals surface area contributed by atoms with Crippen LogP contribution in [0.2, 0.25) is 0 Å². The Hall–Kier alpha value is -1.36. The highest BCUT2D eigenvalue weighted by molar-refractivity contribution is 5.83. The number of hydrogen-bond acceptors (Lipinski definition) is 3. The molecule has 1 amide bonds. The van der Waals surface area contributed by atoms with Crippen LogP contribution >= 0.6 is 0 Å². The summed E-state index contributed by atoms with van der Waals surface area (Å²) in [5.74, 6) is -1.34. The highest BCUT2D eigenvalue weighted by atomic mass is 16.4. The monoisotopic (exact) mass is 214 g/mol. The van der Waals surface area contributed by atoms with Gasteiger partial charge in [0.05, 0.1) is 0 Å². The van der Waals surface area contributed by atoms with Crippen LogP contribution in [0.3, 0.4) is 0 Å². The van der Waals surface area contributed by atoms with Gasteiger partial charge in [-0.3, -0.25) is 4.79 Å². The molecule has 0 aliphatic heterocycles. The molecule has 0 rings (SSSR count). The summed E-state index contributed by atoms with van der Waals surface area (Å²) in [6.07, 6.45) is 2.48. The topological polar surface area (TPSA) is 92.4 Å². The summed E-state index contributed by atoms with van der Waals surface area (Å²) in [6.45, 7) is 5.23.